The molecule has 0 spiro atoms. The predicted molar refractivity (Wildman–Crippen MR) is 100 cm³/mol. The maximum atomic E-state index is 12.1. The number of rotatable bonds is 3. The molecule has 0 radical (unpaired) electrons. The molecule has 2 bridgehead atoms. The molecule has 3 saturated heterocycles. The Hall–Kier alpha value is -2.56. The second-order valence-electron chi connectivity index (χ2n) is 8.86. The number of amides is 3. The second-order valence-corrected chi connectivity index (χ2v) is 8.86. The summed E-state index contributed by atoms with van der Waals surface area (Å²) in [7, 11) is 0. The number of nitrogens with one attached hydrogen (secondary N) is 1. The molecular formula is C18H28N6O5. The van der Waals surface area contributed by atoms with Crippen molar-refractivity contribution in [1.82, 2.24) is 25.5 Å². The number of fused-ring (bicyclic) bond motifs is 2. The first kappa shape index (κ1) is 19.7. The summed E-state index contributed by atoms with van der Waals surface area (Å²) >= 11 is 0. The molecule has 29 heavy (non-hydrogen) atoms. The Morgan fingerprint density at radius 1 is 1.21 bits per heavy atom. The lowest BCUT2D eigenvalue weighted by Gasteiger charge is -2.31. The van der Waals surface area contributed by atoms with Gasteiger partial charge in [-0.15, -0.1) is 5.10 Å². The predicted octanol–water partition coefficient (Wildman–Crippen LogP) is 1.89. The highest BCUT2D eigenvalue weighted by Crippen LogP contribution is 2.37. The number of urea groups is 1. The first-order valence-electron chi connectivity index (χ1n) is 10.1. The lowest BCUT2D eigenvalue weighted by Crippen LogP contribution is -2.46. The topological polar surface area (TPSA) is 124 Å². The van der Waals surface area contributed by atoms with Gasteiger partial charge in [-0.05, 0) is 46.5 Å². The molecule has 1 aromatic heterocycles. The molecule has 3 amide bonds. The van der Waals surface area contributed by atoms with E-state index in [1.165, 1.54) is 0 Å². The van der Waals surface area contributed by atoms with E-state index in [1.807, 2.05) is 25.7 Å². The maximum absolute atomic E-state index is 12.1. The average molecular weight is 408 g/mol. The Morgan fingerprint density at radius 2 is 1.93 bits per heavy atom. The largest absolute Gasteiger partial charge is 0.444 e. The summed E-state index contributed by atoms with van der Waals surface area (Å²) < 4.78 is 11.2. The lowest BCUT2D eigenvalue weighted by atomic mass is 10.0. The first-order valence-corrected chi connectivity index (χ1v) is 10.1. The van der Waals surface area contributed by atoms with E-state index in [0.29, 0.717) is 44.4 Å². The van der Waals surface area contributed by atoms with E-state index >= 15 is 0 Å². The maximum Gasteiger partial charge on any atom is 0.407 e. The Labute approximate surface area is 168 Å². The van der Waals surface area contributed by atoms with Crippen LogP contribution in [-0.4, -0.2) is 74.8 Å². The number of anilines is 1. The van der Waals surface area contributed by atoms with E-state index in [4.69, 9.17) is 9.15 Å². The van der Waals surface area contributed by atoms with Crippen molar-refractivity contribution in [3.8, 4) is 0 Å². The molecule has 160 valence electrons. The van der Waals surface area contributed by atoms with Crippen LogP contribution in [0, 0.1) is 0 Å². The molecule has 3 fully saturated rings. The van der Waals surface area contributed by atoms with Gasteiger partial charge < -0.3 is 24.3 Å². The summed E-state index contributed by atoms with van der Waals surface area (Å²) in [6, 6.07) is -0.408. The quantitative estimate of drug-likeness (QED) is 0.727. The number of ether oxygens (including phenoxy) is 1. The molecule has 1 aromatic rings. The summed E-state index contributed by atoms with van der Waals surface area (Å²) in [5.41, 5.74) is -0.520. The van der Waals surface area contributed by atoms with E-state index in [0.717, 1.165) is 17.9 Å². The summed E-state index contributed by atoms with van der Waals surface area (Å²) in [5.74, 6) is 0.399. The third kappa shape index (κ3) is 4.09. The minimum Gasteiger partial charge on any atom is -0.444 e. The number of nitrogens with zero attached hydrogens (tertiary/aromatic N) is 5. The fourth-order valence-electron chi connectivity index (χ4n) is 4.09. The summed E-state index contributed by atoms with van der Waals surface area (Å²) in [6.07, 6.45) is 2.46. The summed E-state index contributed by atoms with van der Waals surface area (Å²) in [4.78, 5) is 27.6. The van der Waals surface area contributed by atoms with Gasteiger partial charge in [-0.2, -0.15) is 0 Å². The number of carbonyl (C=O) groups excluding carboxylic acids is 2. The zero-order valence-electron chi connectivity index (χ0n) is 17.0. The first-order chi connectivity index (χ1) is 13.7. The molecule has 3 aliphatic heterocycles. The fourth-order valence-corrected chi connectivity index (χ4v) is 4.09. The zero-order chi connectivity index (χ0) is 20.8. The Morgan fingerprint density at radius 3 is 2.62 bits per heavy atom. The molecule has 0 aliphatic carbocycles. The van der Waals surface area contributed by atoms with Crippen molar-refractivity contribution < 1.29 is 24.0 Å². The van der Waals surface area contributed by atoms with Gasteiger partial charge in [0, 0.05) is 25.7 Å². The SMILES string of the molecule is CC(C)(C)OC(=O)NC1CCN(c2nnc(C3CCC4CN3C(=O)N4O)o2)CC1. The van der Waals surface area contributed by atoms with Crippen LogP contribution in [-0.2, 0) is 4.74 Å². The third-order valence-corrected chi connectivity index (χ3v) is 5.55. The van der Waals surface area contributed by atoms with Crippen molar-refractivity contribution in [2.24, 2.45) is 0 Å². The molecule has 4 rings (SSSR count). The van der Waals surface area contributed by atoms with E-state index in [-0.39, 0.29) is 18.1 Å². The summed E-state index contributed by atoms with van der Waals surface area (Å²) in [6.45, 7) is 7.32. The van der Waals surface area contributed by atoms with Crippen LogP contribution in [0.5, 0.6) is 0 Å². The number of alkyl carbamates (subject to hydrolysis) is 1. The standard InChI is InChI=1S/C18H28N6O5/c1-18(2,3)29-16(25)19-11-6-8-22(9-7-11)15-21-20-14(28-15)13-5-4-12-10-23(13)17(26)24(12)27/h11-13,27H,4-10H2,1-3H3,(H,19,25). The molecule has 11 nitrogen and oxygen atoms in total. The van der Waals surface area contributed by atoms with Gasteiger partial charge in [0.05, 0.1) is 6.04 Å². The zero-order valence-corrected chi connectivity index (χ0v) is 17.0. The number of carbonyl (C=O) groups is 2. The molecular weight excluding hydrogens is 380 g/mol. The number of hydrogen-bond acceptors (Lipinski definition) is 8. The van der Waals surface area contributed by atoms with Gasteiger partial charge >= 0.3 is 18.1 Å². The van der Waals surface area contributed by atoms with Crippen molar-refractivity contribution >= 4 is 18.1 Å². The van der Waals surface area contributed by atoms with Crippen molar-refractivity contribution in [3.05, 3.63) is 5.89 Å². The van der Waals surface area contributed by atoms with E-state index in [2.05, 4.69) is 15.5 Å². The number of hydroxylamine groups is 2. The van der Waals surface area contributed by atoms with Gasteiger partial charge in [-0.3, -0.25) is 5.21 Å². The van der Waals surface area contributed by atoms with Crippen LogP contribution in [0.1, 0.15) is 58.4 Å². The highest BCUT2D eigenvalue weighted by atomic mass is 16.6. The second kappa shape index (κ2) is 7.36. The number of piperidine rings is 2. The molecule has 4 heterocycles. The van der Waals surface area contributed by atoms with E-state index in [1.54, 1.807) is 4.90 Å². The Kier molecular flexibility index (Phi) is 5.01. The van der Waals surface area contributed by atoms with Crippen molar-refractivity contribution in [2.75, 3.05) is 24.5 Å². The fraction of sp³-hybridized carbons (Fsp3) is 0.778. The highest BCUT2D eigenvalue weighted by molar-refractivity contribution is 5.76. The van der Waals surface area contributed by atoms with Crippen molar-refractivity contribution in [3.63, 3.8) is 0 Å². The van der Waals surface area contributed by atoms with Crippen LogP contribution in [0.4, 0.5) is 15.6 Å². The molecule has 0 saturated carbocycles. The van der Waals surface area contributed by atoms with Gasteiger partial charge in [0.25, 0.3) is 0 Å². The van der Waals surface area contributed by atoms with Gasteiger partial charge in [0.15, 0.2) is 0 Å². The van der Waals surface area contributed by atoms with Gasteiger partial charge in [0.2, 0.25) is 5.89 Å². The van der Waals surface area contributed by atoms with E-state index < -0.39 is 17.7 Å². The molecule has 3 aliphatic rings. The molecule has 0 aromatic carbocycles. The highest BCUT2D eigenvalue weighted by Gasteiger charge is 2.46. The molecule has 2 atom stereocenters. The Balaban J connectivity index is 1.32. The smallest absolute Gasteiger partial charge is 0.407 e. The van der Waals surface area contributed by atoms with Gasteiger partial charge in [0.1, 0.15) is 11.6 Å². The van der Waals surface area contributed by atoms with Crippen LogP contribution < -0.4 is 10.2 Å². The minimum atomic E-state index is -0.520. The monoisotopic (exact) mass is 408 g/mol. The third-order valence-electron chi connectivity index (χ3n) is 5.55. The normalized spacial score (nSPS) is 25.5. The average Bonchev–Trinajstić information content (AvgIpc) is 3.22. The van der Waals surface area contributed by atoms with Gasteiger partial charge in [-0.25, -0.2) is 14.7 Å². The number of aromatic nitrogens is 2. The van der Waals surface area contributed by atoms with Crippen LogP contribution >= 0.6 is 0 Å². The van der Waals surface area contributed by atoms with Gasteiger partial charge in [-0.1, -0.05) is 5.10 Å². The summed E-state index contributed by atoms with van der Waals surface area (Å²) in [5, 5.41) is 21.8. The van der Waals surface area contributed by atoms with Crippen LogP contribution in [0.15, 0.2) is 4.42 Å². The van der Waals surface area contributed by atoms with Crippen molar-refractivity contribution in [1.29, 1.82) is 0 Å². The van der Waals surface area contributed by atoms with Crippen LogP contribution in [0.2, 0.25) is 0 Å². The molecule has 2 N–H and O–H groups in total. The molecule has 11 heteroatoms. The van der Waals surface area contributed by atoms with Crippen LogP contribution in [0.25, 0.3) is 0 Å². The van der Waals surface area contributed by atoms with E-state index in [9.17, 15) is 14.8 Å². The lowest BCUT2D eigenvalue weighted by molar-refractivity contribution is -0.0584. The van der Waals surface area contributed by atoms with Crippen molar-refractivity contribution in [2.45, 2.75) is 70.2 Å². The Bertz CT molecular complexity index is 769. The number of hydrogen-bond donors (Lipinski definition) is 2. The van der Waals surface area contributed by atoms with Crippen LogP contribution in [0.3, 0.4) is 0 Å². The molecule has 2 unspecified atom stereocenters. The minimum absolute atomic E-state index is 0.0385.